The van der Waals surface area contributed by atoms with Gasteiger partial charge in [0.1, 0.15) is 17.7 Å². The van der Waals surface area contributed by atoms with E-state index in [2.05, 4.69) is 0 Å². The van der Waals surface area contributed by atoms with Gasteiger partial charge in [-0.1, -0.05) is 0 Å². The Morgan fingerprint density at radius 1 is 1.00 bits per heavy atom. The lowest BCUT2D eigenvalue weighted by molar-refractivity contribution is -0.154. The second-order valence-electron chi connectivity index (χ2n) is 7.27. The van der Waals surface area contributed by atoms with Gasteiger partial charge in [-0.3, -0.25) is 9.69 Å². The number of rotatable bonds is 3. The third-order valence-electron chi connectivity index (χ3n) is 4.26. The number of hydrogen-bond acceptors (Lipinski definition) is 5. The summed E-state index contributed by atoms with van der Waals surface area (Å²) in [5, 5.41) is 0. The molecule has 0 radical (unpaired) electrons. The normalized spacial score (nSPS) is 24.2. The summed E-state index contributed by atoms with van der Waals surface area (Å²) in [6.07, 6.45) is 2.28. The summed E-state index contributed by atoms with van der Waals surface area (Å²) in [5.74, 6) is -0.529. The van der Waals surface area contributed by atoms with Crippen molar-refractivity contribution in [2.75, 3.05) is 19.7 Å². The zero-order valence-electron chi connectivity index (χ0n) is 15.0. The van der Waals surface area contributed by atoms with Crippen LogP contribution in [0, 0.1) is 0 Å². The topological polar surface area (TPSA) is 76.2 Å². The number of nitrogens with zero attached hydrogens (tertiary/aromatic N) is 2. The van der Waals surface area contributed by atoms with Crippen LogP contribution >= 0.6 is 0 Å². The molecule has 0 N–H and O–H groups in total. The fraction of sp³-hybridized carbons (Fsp3) is 0.824. The lowest BCUT2D eigenvalue weighted by atomic mass is 10.1. The van der Waals surface area contributed by atoms with Crippen LogP contribution in [0.1, 0.15) is 53.4 Å². The molecule has 0 saturated carbocycles. The Morgan fingerprint density at radius 3 is 2.17 bits per heavy atom. The Balaban J connectivity index is 2.07. The second-order valence-corrected chi connectivity index (χ2v) is 7.27. The van der Waals surface area contributed by atoms with Gasteiger partial charge in [0, 0.05) is 13.1 Å². The van der Waals surface area contributed by atoms with E-state index in [-0.39, 0.29) is 11.9 Å². The number of likely N-dealkylation sites (tertiary alicyclic amines) is 2. The molecule has 2 saturated heterocycles. The van der Waals surface area contributed by atoms with Gasteiger partial charge < -0.3 is 14.4 Å². The van der Waals surface area contributed by atoms with Crippen molar-refractivity contribution in [3.63, 3.8) is 0 Å². The first kappa shape index (κ1) is 18.5. The average Bonchev–Trinajstić information content (AvgIpc) is 3.14. The van der Waals surface area contributed by atoms with Gasteiger partial charge in [-0.15, -0.1) is 0 Å². The van der Waals surface area contributed by atoms with Crippen molar-refractivity contribution in [2.24, 2.45) is 0 Å². The van der Waals surface area contributed by atoms with Crippen LogP contribution in [-0.4, -0.2) is 65.2 Å². The van der Waals surface area contributed by atoms with Crippen LogP contribution in [0.25, 0.3) is 0 Å². The highest BCUT2D eigenvalue weighted by Gasteiger charge is 2.43. The van der Waals surface area contributed by atoms with Crippen LogP contribution in [0.2, 0.25) is 0 Å². The number of amides is 2. The van der Waals surface area contributed by atoms with E-state index in [0.29, 0.717) is 32.5 Å². The molecule has 2 atom stereocenters. The van der Waals surface area contributed by atoms with E-state index in [9.17, 15) is 14.4 Å². The van der Waals surface area contributed by atoms with E-state index in [1.165, 1.54) is 4.90 Å². The zero-order valence-corrected chi connectivity index (χ0v) is 15.0. The molecule has 0 aromatic rings. The van der Waals surface area contributed by atoms with E-state index >= 15 is 0 Å². The van der Waals surface area contributed by atoms with Gasteiger partial charge in [0.15, 0.2) is 0 Å². The summed E-state index contributed by atoms with van der Waals surface area (Å²) in [7, 11) is 0. The fourth-order valence-corrected chi connectivity index (χ4v) is 3.27. The molecule has 7 nitrogen and oxygen atoms in total. The van der Waals surface area contributed by atoms with E-state index in [0.717, 1.165) is 12.8 Å². The number of esters is 1. The molecule has 2 unspecified atom stereocenters. The first-order valence-electron chi connectivity index (χ1n) is 8.71. The highest BCUT2D eigenvalue weighted by Crippen LogP contribution is 2.26. The number of carbonyl (C=O) groups is 3. The van der Waals surface area contributed by atoms with Crippen LogP contribution < -0.4 is 0 Å². The van der Waals surface area contributed by atoms with Crippen molar-refractivity contribution >= 4 is 18.0 Å². The molecule has 0 aromatic carbocycles. The number of ether oxygens (including phenoxy) is 2. The Kier molecular flexibility index (Phi) is 5.72. The van der Waals surface area contributed by atoms with Crippen molar-refractivity contribution < 1.29 is 23.9 Å². The van der Waals surface area contributed by atoms with Crippen molar-refractivity contribution in [3.05, 3.63) is 0 Å². The van der Waals surface area contributed by atoms with Crippen LogP contribution in [0.3, 0.4) is 0 Å². The molecule has 7 heteroatoms. The Labute approximate surface area is 143 Å². The molecular weight excluding hydrogens is 312 g/mol. The second kappa shape index (κ2) is 7.40. The molecule has 2 aliphatic rings. The van der Waals surface area contributed by atoms with Crippen LogP contribution in [0.15, 0.2) is 0 Å². The lowest BCUT2D eigenvalue weighted by Gasteiger charge is -2.31. The molecule has 2 rings (SSSR count). The Bertz CT molecular complexity index is 500. The molecule has 0 spiro atoms. The molecule has 0 aromatic heterocycles. The van der Waals surface area contributed by atoms with Crippen LogP contribution in [0.5, 0.6) is 0 Å². The summed E-state index contributed by atoms with van der Waals surface area (Å²) in [6.45, 7) is 8.48. The largest absolute Gasteiger partial charge is 0.464 e. The molecular formula is C17H28N2O5. The minimum atomic E-state index is -0.603. The van der Waals surface area contributed by atoms with Crippen molar-refractivity contribution in [2.45, 2.75) is 71.1 Å². The minimum absolute atomic E-state index is 0.172. The monoisotopic (exact) mass is 340 g/mol. The molecule has 2 amide bonds. The first-order valence-corrected chi connectivity index (χ1v) is 8.71. The quantitative estimate of drug-likeness (QED) is 0.734. The Morgan fingerprint density at radius 2 is 1.58 bits per heavy atom. The van der Waals surface area contributed by atoms with Gasteiger partial charge in [0.25, 0.3) is 0 Å². The van der Waals surface area contributed by atoms with Gasteiger partial charge in [-0.25, -0.2) is 9.59 Å². The summed E-state index contributed by atoms with van der Waals surface area (Å²) >= 11 is 0. The average molecular weight is 340 g/mol. The maximum atomic E-state index is 12.9. The van der Waals surface area contributed by atoms with Crippen molar-refractivity contribution in [3.8, 4) is 0 Å². The number of carbonyl (C=O) groups excluding carboxylic acids is 3. The standard InChI is InChI=1S/C17H28N2O5/c1-5-23-15(21)13-9-7-10-18(13)14(20)12-8-6-11-19(12)16(22)24-17(2,3)4/h12-13H,5-11H2,1-4H3. The van der Waals surface area contributed by atoms with E-state index in [1.54, 1.807) is 32.6 Å². The molecule has 2 fully saturated rings. The maximum Gasteiger partial charge on any atom is 0.410 e. The van der Waals surface area contributed by atoms with E-state index in [4.69, 9.17) is 9.47 Å². The van der Waals surface area contributed by atoms with Gasteiger partial charge in [0.05, 0.1) is 6.61 Å². The predicted molar refractivity (Wildman–Crippen MR) is 87.3 cm³/mol. The summed E-state index contributed by atoms with van der Waals surface area (Å²) in [5.41, 5.74) is -0.603. The number of hydrogen-bond donors (Lipinski definition) is 0. The lowest BCUT2D eigenvalue weighted by Crippen LogP contribution is -2.52. The van der Waals surface area contributed by atoms with Crippen LogP contribution in [-0.2, 0) is 19.1 Å². The first-order chi connectivity index (χ1) is 11.2. The molecule has 136 valence electrons. The molecule has 2 aliphatic heterocycles. The highest BCUT2D eigenvalue weighted by atomic mass is 16.6. The summed E-state index contributed by atoms with van der Waals surface area (Å²) < 4.78 is 10.5. The maximum absolute atomic E-state index is 12.9. The zero-order chi connectivity index (χ0) is 17.9. The highest BCUT2D eigenvalue weighted by molar-refractivity contribution is 5.90. The molecule has 2 heterocycles. The van der Waals surface area contributed by atoms with Crippen LogP contribution in [0.4, 0.5) is 4.79 Å². The summed E-state index contributed by atoms with van der Waals surface area (Å²) in [4.78, 5) is 40.4. The van der Waals surface area contributed by atoms with Gasteiger partial charge in [-0.05, 0) is 53.4 Å². The van der Waals surface area contributed by atoms with E-state index < -0.39 is 23.8 Å². The van der Waals surface area contributed by atoms with Crippen molar-refractivity contribution in [1.29, 1.82) is 0 Å². The summed E-state index contributed by atoms with van der Waals surface area (Å²) in [6, 6.07) is -1.08. The third-order valence-corrected chi connectivity index (χ3v) is 4.26. The third kappa shape index (κ3) is 4.19. The van der Waals surface area contributed by atoms with Gasteiger partial charge >= 0.3 is 12.1 Å². The Hall–Kier alpha value is -1.79. The minimum Gasteiger partial charge on any atom is -0.464 e. The fourth-order valence-electron chi connectivity index (χ4n) is 3.27. The smallest absolute Gasteiger partial charge is 0.410 e. The van der Waals surface area contributed by atoms with Gasteiger partial charge in [-0.2, -0.15) is 0 Å². The van der Waals surface area contributed by atoms with E-state index in [1.807, 2.05) is 0 Å². The van der Waals surface area contributed by atoms with Crippen molar-refractivity contribution in [1.82, 2.24) is 9.80 Å². The molecule has 0 bridgehead atoms. The van der Waals surface area contributed by atoms with Gasteiger partial charge in [0.2, 0.25) is 5.91 Å². The molecule has 24 heavy (non-hydrogen) atoms. The predicted octanol–water partition coefficient (Wildman–Crippen LogP) is 1.94. The SMILES string of the molecule is CCOC(=O)C1CCCN1C(=O)C1CCCN1C(=O)OC(C)(C)C. The molecule has 0 aliphatic carbocycles.